The van der Waals surface area contributed by atoms with Crippen molar-refractivity contribution in [3.05, 3.63) is 61.2 Å². The van der Waals surface area contributed by atoms with E-state index in [4.69, 9.17) is 9.47 Å². The molecule has 3 saturated heterocycles. The Morgan fingerprint density at radius 3 is 2.50 bits per heavy atom. The number of aliphatic hydroxyl groups excluding tert-OH is 1. The number of allylic oxidation sites excluding steroid dienone is 1. The standard InChI is InChI=1S/C34H47N3O7/c1-7-10-16-26(39)35-22(6)29(23-14-12-11-13-15-23)43-33(42)27-25-17-18-34(44-25)28(27)31(40)37(24(9-3)20-38)30(34)32(41)36(19-8-2)21(4)5/h7-8,11-15,21-22,24-25,27-30,38H,1-2,9-10,16-20H2,3-6H3,(H,35,39)/t22-,24-,25-,27+,28+,29-,30-,34+/m0/s1. The lowest BCUT2D eigenvalue weighted by Gasteiger charge is -2.40. The summed E-state index contributed by atoms with van der Waals surface area (Å²) in [5.41, 5.74) is -0.515. The number of hydrogen-bond acceptors (Lipinski definition) is 7. The Bertz CT molecular complexity index is 1230. The van der Waals surface area contributed by atoms with Gasteiger partial charge in [0.15, 0.2) is 0 Å². The normalized spacial score (nSPS) is 27.4. The quantitative estimate of drug-likeness (QED) is 0.231. The molecule has 4 rings (SSSR count). The molecular weight excluding hydrogens is 562 g/mol. The van der Waals surface area contributed by atoms with E-state index in [0.29, 0.717) is 31.2 Å². The monoisotopic (exact) mass is 609 g/mol. The number of hydrogen-bond donors (Lipinski definition) is 2. The van der Waals surface area contributed by atoms with Crippen LogP contribution in [0.15, 0.2) is 55.6 Å². The highest BCUT2D eigenvalue weighted by Gasteiger charge is 2.75. The number of nitrogens with one attached hydrogen (secondary N) is 1. The van der Waals surface area contributed by atoms with Gasteiger partial charge in [0.2, 0.25) is 17.7 Å². The van der Waals surface area contributed by atoms with E-state index in [1.54, 1.807) is 24.0 Å². The third-order valence-corrected chi connectivity index (χ3v) is 9.34. The third-order valence-electron chi connectivity index (χ3n) is 9.34. The predicted molar refractivity (Wildman–Crippen MR) is 165 cm³/mol. The number of aliphatic hydroxyl groups is 1. The predicted octanol–water partition coefficient (Wildman–Crippen LogP) is 3.31. The SMILES string of the molecule is C=CCCC(=O)N[C@@H](C)[C@H](OC(=O)[C@@H]1[C@@H]2CC[C@]3(O2)[C@H](C(=O)N(CC=C)C(C)C)N([C@@H](CC)CO)C(=O)[C@@H]13)c1ccccc1. The molecular formula is C34H47N3O7. The van der Waals surface area contributed by atoms with Crippen molar-refractivity contribution in [3.8, 4) is 0 Å². The molecule has 1 aromatic rings. The van der Waals surface area contributed by atoms with Crippen molar-refractivity contribution in [2.75, 3.05) is 13.2 Å². The molecule has 1 aromatic carbocycles. The van der Waals surface area contributed by atoms with Crippen LogP contribution in [0.1, 0.15) is 71.5 Å². The summed E-state index contributed by atoms with van der Waals surface area (Å²) in [4.78, 5) is 58.4. The zero-order valence-electron chi connectivity index (χ0n) is 26.3. The fourth-order valence-electron chi connectivity index (χ4n) is 7.24. The van der Waals surface area contributed by atoms with Gasteiger partial charge in [-0.2, -0.15) is 0 Å². The smallest absolute Gasteiger partial charge is 0.313 e. The topological polar surface area (TPSA) is 125 Å². The van der Waals surface area contributed by atoms with Crippen LogP contribution in [0, 0.1) is 11.8 Å². The number of carbonyl (C=O) groups is 4. The van der Waals surface area contributed by atoms with Gasteiger partial charge in [0.05, 0.1) is 36.6 Å². The maximum absolute atomic E-state index is 14.3. The zero-order valence-corrected chi connectivity index (χ0v) is 26.3. The van der Waals surface area contributed by atoms with Crippen molar-refractivity contribution in [2.24, 2.45) is 11.8 Å². The molecule has 8 atom stereocenters. The maximum atomic E-state index is 14.3. The first-order valence-electron chi connectivity index (χ1n) is 15.7. The molecule has 0 aliphatic carbocycles. The molecule has 240 valence electrons. The average Bonchev–Trinajstić information content (AvgIpc) is 3.65. The number of benzene rings is 1. The van der Waals surface area contributed by atoms with Crippen LogP contribution in [0.3, 0.4) is 0 Å². The van der Waals surface area contributed by atoms with Crippen molar-refractivity contribution >= 4 is 23.7 Å². The molecule has 44 heavy (non-hydrogen) atoms. The average molecular weight is 610 g/mol. The summed E-state index contributed by atoms with van der Waals surface area (Å²) < 4.78 is 12.7. The van der Waals surface area contributed by atoms with Crippen LogP contribution >= 0.6 is 0 Å². The minimum atomic E-state index is -1.22. The number of rotatable bonds is 15. The second-order valence-electron chi connectivity index (χ2n) is 12.4. The van der Waals surface area contributed by atoms with Crippen LogP contribution in [0.4, 0.5) is 0 Å². The highest BCUT2D eigenvalue weighted by atomic mass is 16.6. The molecule has 0 unspecified atom stereocenters. The van der Waals surface area contributed by atoms with E-state index >= 15 is 0 Å². The molecule has 3 fully saturated rings. The van der Waals surface area contributed by atoms with E-state index in [1.165, 1.54) is 4.90 Å². The van der Waals surface area contributed by atoms with Crippen molar-refractivity contribution < 1.29 is 33.8 Å². The molecule has 0 radical (unpaired) electrons. The van der Waals surface area contributed by atoms with Crippen molar-refractivity contribution in [1.29, 1.82) is 0 Å². The molecule has 3 aliphatic heterocycles. The van der Waals surface area contributed by atoms with Gasteiger partial charge in [-0.15, -0.1) is 13.2 Å². The van der Waals surface area contributed by atoms with Crippen LogP contribution in [-0.2, 0) is 28.7 Å². The highest BCUT2D eigenvalue weighted by Crippen LogP contribution is 2.59. The maximum Gasteiger partial charge on any atom is 0.313 e. The minimum absolute atomic E-state index is 0.170. The number of amides is 3. The Labute approximate surface area is 260 Å². The molecule has 3 heterocycles. The molecule has 1 spiro atoms. The molecule has 10 nitrogen and oxygen atoms in total. The van der Waals surface area contributed by atoms with Gasteiger partial charge >= 0.3 is 5.97 Å². The molecule has 2 bridgehead atoms. The van der Waals surface area contributed by atoms with E-state index in [2.05, 4.69) is 18.5 Å². The van der Waals surface area contributed by atoms with E-state index < -0.39 is 53.7 Å². The Kier molecular flexibility index (Phi) is 10.7. The van der Waals surface area contributed by atoms with Gasteiger partial charge in [-0.3, -0.25) is 19.2 Å². The first-order chi connectivity index (χ1) is 21.1. The summed E-state index contributed by atoms with van der Waals surface area (Å²) in [5.74, 6) is -3.33. The third kappa shape index (κ3) is 6.06. The van der Waals surface area contributed by atoms with Gasteiger partial charge in [0, 0.05) is 19.0 Å². The molecule has 3 aliphatic rings. The first kappa shape index (κ1) is 33.4. The van der Waals surface area contributed by atoms with Crippen LogP contribution in [0.2, 0.25) is 0 Å². The van der Waals surface area contributed by atoms with E-state index in [1.807, 2.05) is 51.1 Å². The summed E-state index contributed by atoms with van der Waals surface area (Å²) in [6.45, 7) is 14.9. The summed E-state index contributed by atoms with van der Waals surface area (Å²) in [5, 5.41) is 13.2. The summed E-state index contributed by atoms with van der Waals surface area (Å²) in [6.07, 6.45) is 4.03. The second kappa shape index (κ2) is 14.1. The largest absolute Gasteiger partial charge is 0.455 e. The molecule has 2 N–H and O–H groups in total. The summed E-state index contributed by atoms with van der Waals surface area (Å²) >= 11 is 0. The van der Waals surface area contributed by atoms with E-state index in [0.717, 1.165) is 0 Å². The number of ether oxygens (including phenoxy) is 2. The van der Waals surface area contributed by atoms with Crippen LogP contribution < -0.4 is 5.32 Å². The fourth-order valence-corrected chi connectivity index (χ4v) is 7.24. The number of esters is 1. The number of fused-ring (bicyclic) bond motifs is 1. The van der Waals surface area contributed by atoms with Gasteiger partial charge in [0.25, 0.3) is 0 Å². The lowest BCUT2D eigenvalue weighted by atomic mass is 9.70. The number of nitrogens with zero attached hydrogens (tertiary/aromatic N) is 2. The molecule has 3 amide bonds. The Hall–Kier alpha value is -3.50. The molecule has 10 heteroatoms. The number of likely N-dealkylation sites (tertiary alicyclic amines) is 1. The van der Waals surface area contributed by atoms with E-state index in [9.17, 15) is 24.3 Å². The van der Waals surface area contributed by atoms with Gasteiger partial charge in [0.1, 0.15) is 17.7 Å². The second-order valence-corrected chi connectivity index (χ2v) is 12.4. The van der Waals surface area contributed by atoms with Crippen molar-refractivity contribution in [1.82, 2.24) is 15.1 Å². The van der Waals surface area contributed by atoms with Crippen LogP contribution in [0.25, 0.3) is 0 Å². The summed E-state index contributed by atoms with van der Waals surface area (Å²) in [6, 6.07) is 6.83. The van der Waals surface area contributed by atoms with Gasteiger partial charge in [-0.1, -0.05) is 49.4 Å². The fraction of sp³-hybridized carbons (Fsp3) is 0.588. The van der Waals surface area contributed by atoms with Crippen LogP contribution in [-0.4, -0.2) is 87.6 Å². The van der Waals surface area contributed by atoms with E-state index in [-0.39, 0.29) is 43.3 Å². The Morgan fingerprint density at radius 2 is 1.91 bits per heavy atom. The van der Waals surface area contributed by atoms with Crippen molar-refractivity contribution in [3.63, 3.8) is 0 Å². The van der Waals surface area contributed by atoms with Gasteiger partial charge in [-0.05, 0) is 52.0 Å². The zero-order chi connectivity index (χ0) is 32.2. The molecule has 0 saturated carbocycles. The van der Waals surface area contributed by atoms with Gasteiger partial charge in [-0.25, -0.2) is 0 Å². The molecule has 0 aromatic heterocycles. The Balaban J connectivity index is 1.68. The Morgan fingerprint density at radius 1 is 1.20 bits per heavy atom. The first-order valence-corrected chi connectivity index (χ1v) is 15.7. The minimum Gasteiger partial charge on any atom is -0.455 e. The number of carbonyl (C=O) groups excluding carboxylic acids is 4. The summed E-state index contributed by atoms with van der Waals surface area (Å²) in [7, 11) is 0. The van der Waals surface area contributed by atoms with Crippen molar-refractivity contribution in [2.45, 2.75) is 102 Å². The lowest BCUT2D eigenvalue weighted by molar-refractivity contribution is -0.162. The highest BCUT2D eigenvalue weighted by molar-refractivity contribution is 5.98. The van der Waals surface area contributed by atoms with Crippen LogP contribution in [0.5, 0.6) is 0 Å². The lowest BCUT2D eigenvalue weighted by Crippen LogP contribution is -2.59. The van der Waals surface area contributed by atoms with Gasteiger partial charge < -0.3 is 29.7 Å².